The standard InChI is InChI=1S/C10H15NOS/c1-2-7-5-8-9(13-7)3-4-10(8,12)6-11/h5,12H,2-4,6,11H2,1H3. The van der Waals surface area contributed by atoms with Crippen LogP contribution in [0.1, 0.15) is 28.7 Å². The Balaban J connectivity index is 2.41. The summed E-state index contributed by atoms with van der Waals surface area (Å²) in [6, 6.07) is 2.12. The van der Waals surface area contributed by atoms with Gasteiger partial charge in [-0.1, -0.05) is 6.92 Å². The van der Waals surface area contributed by atoms with Gasteiger partial charge in [0, 0.05) is 16.3 Å². The summed E-state index contributed by atoms with van der Waals surface area (Å²) in [6.45, 7) is 2.49. The molecule has 3 N–H and O–H groups in total. The molecule has 1 aromatic rings. The molecule has 0 bridgehead atoms. The predicted octanol–water partition coefficient (Wildman–Crippen LogP) is 1.40. The fourth-order valence-corrected chi connectivity index (χ4v) is 3.11. The maximum Gasteiger partial charge on any atom is 0.103 e. The van der Waals surface area contributed by atoms with E-state index in [4.69, 9.17) is 5.73 Å². The highest BCUT2D eigenvalue weighted by molar-refractivity contribution is 7.12. The number of aryl methyl sites for hydroxylation is 2. The molecule has 0 fully saturated rings. The van der Waals surface area contributed by atoms with Gasteiger partial charge in [-0.3, -0.25) is 0 Å². The van der Waals surface area contributed by atoms with Gasteiger partial charge in [-0.25, -0.2) is 0 Å². The fraction of sp³-hybridized carbons (Fsp3) is 0.600. The first-order valence-electron chi connectivity index (χ1n) is 4.74. The van der Waals surface area contributed by atoms with Gasteiger partial charge in [0.1, 0.15) is 5.60 Å². The predicted molar refractivity (Wildman–Crippen MR) is 55.0 cm³/mol. The molecular formula is C10H15NOS. The second-order valence-corrected chi connectivity index (χ2v) is 4.86. The van der Waals surface area contributed by atoms with Crippen molar-refractivity contribution in [2.45, 2.75) is 31.8 Å². The average Bonchev–Trinajstić information content (AvgIpc) is 2.67. The lowest BCUT2D eigenvalue weighted by Gasteiger charge is -2.20. The molecule has 0 radical (unpaired) electrons. The highest BCUT2D eigenvalue weighted by Crippen LogP contribution is 2.41. The van der Waals surface area contributed by atoms with E-state index in [-0.39, 0.29) is 0 Å². The van der Waals surface area contributed by atoms with Crippen molar-refractivity contribution < 1.29 is 5.11 Å². The van der Waals surface area contributed by atoms with Crippen molar-refractivity contribution in [2.24, 2.45) is 5.73 Å². The second kappa shape index (κ2) is 3.08. The zero-order chi connectivity index (χ0) is 9.47. The topological polar surface area (TPSA) is 46.2 Å². The monoisotopic (exact) mass is 197 g/mol. The van der Waals surface area contributed by atoms with Crippen LogP contribution in [-0.4, -0.2) is 11.7 Å². The Labute approximate surface area is 82.4 Å². The molecule has 13 heavy (non-hydrogen) atoms. The van der Waals surface area contributed by atoms with Crippen LogP contribution in [0.2, 0.25) is 0 Å². The molecule has 0 amide bonds. The van der Waals surface area contributed by atoms with E-state index in [9.17, 15) is 5.11 Å². The highest BCUT2D eigenvalue weighted by atomic mass is 32.1. The van der Waals surface area contributed by atoms with E-state index in [2.05, 4.69) is 13.0 Å². The third-order valence-electron chi connectivity index (χ3n) is 2.81. The quantitative estimate of drug-likeness (QED) is 0.753. The number of hydrogen-bond donors (Lipinski definition) is 2. The van der Waals surface area contributed by atoms with Crippen LogP contribution in [0.3, 0.4) is 0 Å². The molecule has 0 spiro atoms. The molecule has 0 aromatic carbocycles. The smallest absolute Gasteiger partial charge is 0.103 e. The van der Waals surface area contributed by atoms with Gasteiger partial charge in [-0.2, -0.15) is 0 Å². The van der Waals surface area contributed by atoms with Crippen LogP contribution in [-0.2, 0) is 18.4 Å². The van der Waals surface area contributed by atoms with Gasteiger partial charge in [0.2, 0.25) is 0 Å². The summed E-state index contributed by atoms with van der Waals surface area (Å²) in [5.41, 5.74) is 5.96. The van der Waals surface area contributed by atoms with Crippen molar-refractivity contribution >= 4 is 11.3 Å². The highest BCUT2D eigenvalue weighted by Gasteiger charge is 2.36. The first kappa shape index (κ1) is 9.19. The lowest BCUT2D eigenvalue weighted by molar-refractivity contribution is 0.0481. The van der Waals surface area contributed by atoms with Gasteiger partial charge in [0.05, 0.1) is 0 Å². The van der Waals surface area contributed by atoms with Crippen molar-refractivity contribution in [3.63, 3.8) is 0 Å². The van der Waals surface area contributed by atoms with Crippen LogP contribution in [0.4, 0.5) is 0 Å². The van der Waals surface area contributed by atoms with E-state index in [1.54, 1.807) is 0 Å². The van der Waals surface area contributed by atoms with E-state index < -0.39 is 5.60 Å². The summed E-state index contributed by atoms with van der Waals surface area (Å²) in [5.74, 6) is 0. The maximum atomic E-state index is 10.1. The number of rotatable bonds is 2. The van der Waals surface area contributed by atoms with Crippen molar-refractivity contribution in [2.75, 3.05) is 6.54 Å². The lowest BCUT2D eigenvalue weighted by Crippen LogP contribution is -2.31. The summed E-state index contributed by atoms with van der Waals surface area (Å²) >= 11 is 1.82. The van der Waals surface area contributed by atoms with Gasteiger partial charge >= 0.3 is 0 Å². The molecule has 1 unspecified atom stereocenters. The Bertz CT molecular complexity index is 321. The zero-order valence-corrected chi connectivity index (χ0v) is 8.66. The van der Waals surface area contributed by atoms with Crippen molar-refractivity contribution in [1.82, 2.24) is 0 Å². The summed E-state index contributed by atoms with van der Waals surface area (Å²) in [7, 11) is 0. The number of nitrogens with two attached hydrogens (primary N) is 1. The average molecular weight is 197 g/mol. The van der Waals surface area contributed by atoms with Crippen LogP contribution in [0.25, 0.3) is 0 Å². The molecule has 1 aromatic heterocycles. The molecular weight excluding hydrogens is 182 g/mol. The molecule has 2 rings (SSSR count). The van der Waals surface area contributed by atoms with Crippen LogP contribution in [0, 0.1) is 0 Å². The van der Waals surface area contributed by atoms with Gasteiger partial charge in [0.25, 0.3) is 0 Å². The van der Waals surface area contributed by atoms with E-state index >= 15 is 0 Å². The molecule has 0 saturated heterocycles. The Hall–Kier alpha value is -0.380. The van der Waals surface area contributed by atoms with Crippen LogP contribution in [0.15, 0.2) is 6.07 Å². The van der Waals surface area contributed by atoms with Crippen LogP contribution in [0.5, 0.6) is 0 Å². The third-order valence-corrected chi connectivity index (χ3v) is 4.15. The van der Waals surface area contributed by atoms with E-state index in [0.29, 0.717) is 6.54 Å². The molecule has 0 saturated carbocycles. The largest absolute Gasteiger partial charge is 0.384 e. The minimum atomic E-state index is -0.723. The first-order valence-corrected chi connectivity index (χ1v) is 5.56. The molecule has 1 aliphatic rings. The van der Waals surface area contributed by atoms with Gasteiger partial charge in [-0.05, 0) is 30.9 Å². The Kier molecular flexibility index (Phi) is 2.18. The molecule has 1 atom stereocenters. The SMILES string of the molecule is CCc1cc2c(s1)CCC2(O)CN. The third kappa shape index (κ3) is 1.31. The lowest BCUT2D eigenvalue weighted by atomic mass is 9.98. The summed E-state index contributed by atoms with van der Waals surface area (Å²) < 4.78 is 0. The van der Waals surface area contributed by atoms with Gasteiger partial charge in [0.15, 0.2) is 0 Å². The molecule has 0 aliphatic heterocycles. The summed E-state index contributed by atoms with van der Waals surface area (Å²) in [5, 5.41) is 10.1. The minimum absolute atomic E-state index is 0.347. The maximum absolute atomic E-state index is 10.1. The molecule has 3 heteroatoms. The summed E-state index contributed by atoms with van der Waals surface area (Å²) in [6.07, 6.45) is 2.85. The normalized spacial score (nSPS) is 26.4. The van der Waals surface area contributed by atoms with E-state index in [1.165, 1.54) is 9.75 Å². The van der Waals surface area contributed by atoms with Crippen LogP contribution < -0.4 is 5.73 Å². The molecule has 1 heterocycles. The van der Waals surface area contributed by atoms with Gasteiger partial charge in [-0.15, -0.1) is 11.3 Å². The summed E-state index contributed by atoms with van der Waals surface area (Å²) in [4.78, 5) is 2.70. The second-order valence-electron chi connectivity index (χ2n) is 3.64. The van der Waals surface area contributed by atoms with Crippen molar-refractivity contribution in [1.29, 1.82) is 0 Å². The van der Waals surface area contributed by atoms with Crippen molar-refractivity contribution in [3.8, 4) is 0 Å². The van der Waals surface area contributed by atoms with E-state index in [0.717, 1.165) is 24.8 Å². The molecule has 72 valence electrons. The zero-order valence-electron chi connectivity index (χ0n) is 7.84. The minimum Gasteiger partial charge on any atom is -0.384 e. The molecule has 2 nitrogen and oxygen atoms in total. The number of thiophene rings is 1. The van der Waals surface area contributed by atoms with Gasteiger partial charge < -0.3 is 10.8 Å². The van der Waals surface area contributed by atoms with Crippen LogP contribution >= 0.6 is 11.3 Å². The number of hydrogen-bond acceptors (Lipinski definition) is 3. The number of fused-ring (bicyclic) bond motifs is 1. The number of aliphatic hydroxyl groups is 1. The Morgan fingerprint density at radius 2 is 2.46 bits per heavy atom. The fourth-order valence-electron chi connectivity index (χ4n) is 1.90. The van der Waals surface area contributed by atoms with Crippen molar-refractivity contribution in [3.05, 3.63) is 21.4 Å². The first-order chi connectivity index (χ1) is 6.19. The Morgan fingerprint density at radius 1 is 1.69 bits per heavy atom. The Morgan fingerprint density at radius 3 is 3.08 bits per heavy atom. The van der Waals surface area contributed by atoms with E-state index in [1.807, 2.05) is 11.3 Å². The molecule has 1 aliphatic carbocycles.